The van der Waals surface area contributed by atoms with Gasteiger partial charge in [0.1, 0.15) is 0 Å². The molecular weight excluding hydrogens is 272 g/mol. The van der Waals surface area contributed by atoms with Gasteiger partial charge >= 0.3 is 5.97 Å². The van der Waals surface area contributed by atoms with Crippen molar-refractivity contribution in [2.45, 2.75) is 38.5 Å². The number of unbranched alkanes of at least 4 members (excludes halogenated alkanes) is 1. The van der Waals surface area contributed by atoms with Crippen LogP contribution in [0.5, 0.6) is 0 Å². The first kappa shape index (κ1) is 15.0. The Hall–Kier alpha value is -2.37. The van der Waals surface area contributed by atoms with Crippen LogP contribution in [0.15, 0.2) is 18.2 Å². The molecule has 1 aliphatic rings. The summed E-state index contributed by atoms with van der Waals surface area (Å²) in [5, 5.41) is 14.1. The minimum absolute atomic E-state index is 0.0142. The van der Waals surface area contributed by atoms with E-state index in [-0.39, 0.29) is 24.7 Å². The predicted octanol–water partition coefficient (Wildman–Crippen LogP) is 2.15. The van der Waals surface area contributed by atoms with Crippen LogP contribution >= 0.6 is 0 Å². The number of benzene rings is 1. The Labute approximate surface area is 122 Å². The van der Waals surface area contributed by atoms with Gasteiger partial charge in [0.25, 0.3) is 0 Å². The number of hydrogen-bond acceptors (Lipinski definition) is 3. The van der Waals surface area contributed by atoms with Crippen LogP contribution in [0.25, 0.3) is 0 Å². The smallest absolute Gasteiger partial charge is 0.303 e. The normalized spacial score (nSPS) is 13.2. The zero-order valence-corrected chi connectivity index (χ0v) is 11.6. The third kappa shape index (κ3) is 4.59. The largest absolute Gasteiger partial charge is 0.481 e. The lowest BCUT2D eigenvalue weighted by molar-refractivity contribution is -0.137. The van der Waals surface area contributed by atoms with E-state index in [0.717, 1.165) is 11.3 Å². The summed E-state index contributed by atoms with van der Waals surface area (Å²) >= 11 is 0. The van der Waals surface area contributed by atoms with Crippen molar-refractivity contribution >= 4 is 29.2 Å². The van der Waals surface area contributed by atoms with Crippen LogP contribution in [0.4, 0.5) is 11.4 Å². The summed E-state index contributed by atoms with van der Waals surface area (Å²) in [7, 11) is 0. The van der Waals surface area contributed by atoms with Gasteiger partial charge in [0.05, 0.1) is 0 Å². The maximum atomic E-state index is 11.7. The van der Waals surface area contributed by atoms with E-state index in [4.69, 9.17) is 5.11 Å². The SMILES string of the molecule is O=C(O)CCCCC(=O)Nc1ccc2c(c1)NC(=O)CC2. The monoisotopic (exact) mass is 290 g/mol. The highest BCUT2D eigenvalue weighted by atomic mass is 16.4. The van der Waals surface area contributed by atoms with Crippen LogP contribution in [0, 0.1) is 0 Å². The van der Waals surface area contributed by atoms with E-state index in [9.17, 15) is 14.4 Å². The van der Waals surface area contributed by atoms with Crippen LogP contribution in [0.2, 0.25) is 0 Å². The molecular formula is C15H18N2O4. The highest BCUT2D eigenvalue weighted by Crippen LogP contribution is 2.26. The first-order valence-corrected chi connectivity index (χ1v) is 6.99. The summed E-state index contributed by atoms with van der Waals surface area (Å²) < 4.78 is 0. The second-order valence-corrected chi connectivity index (χ2v) is 5.07. The summed E-state index contributed by atoms with van der Waals surface area (Å²) in [5.74, 6) is -1.01. The van der Waals surface area contributed by atoms with E-state index < -0.39 is 5.97 Å². The zero-order chi connectivity index (χ0) is 15.2. The van der Waals surface area contributed by atoms with E-state index in [2.05, 4.69) is 10.6 Å². The van der Waals surface area contributed by atoms with Crippen LogP contribution < -0.4 is 10.6 Å². The van der Waals surface area contributed by atoms with Crippen molar-refractivity contribution in [1.82, 2.24) is 0 Å². The van der Waals surface area contributed by atoms with Crippen molar-refractivity contribution in [1.29, 1.82) is 0 Å². The lowest BCUT2D eigenvalue weighted by Gasteiger charge is -2.17. The van der Waals surface area contributed by atoms with Crippen LogP contribution in [0.1, 0.15) is 37.7 Å². The van der Waals surface area contributed by atoms with Gasteiger partial charge in [0.2, 0.25) is 11.8 Å². The molecule has 0 atom stereocenters. The van der Waals surface area contributed by atoms with Crippen molar-refractivity contribution in [2.24, 2.45) is 0 Å². The van der Waals surface area contributed by atoms with Gasteiger partial charge < -0.3 is 15.7 Å². The number of carboxylic acid groups (broad SMARTS) is 1. The number of aryl methyl sites for hydroxylation is 1. The minimum Gasteiger partial charge on any atom is -0.481 e. The first-order chi connectivity index (χ1) is 10.0. The number of amides is 2. The highest BCUT2D eigenvalue weighted by Gasteiger charge is 2.15. The molecule has 0 spiro atoms. The van der Waals surface area contributed by atoms with Crippen molar-refractivity contribution < 1.29 is 19.5 Å². The molecule has 0 unspecified atom stereocenters. The number of carbonyl (C=O) groups is 3. The zero-order valence-electron chi connectivity index (χ0n) is 11.6. The number of rotatable bonds is 6. The molecule has 0 bridgehead atoms. The van der Waals surface area contributed by atoms with Crippen LogP contribution in [-0.2, 0) is 20.8 Å². The van der Waals surface area contributed by atoms with Gasteiger partial charge in [-0.15, -0.1) is 0 Å². The number of anilines is 2. The van der Waals surface area contributed by atoms with Gasteiger partial charge in [-0.25, -0.2) is 0 Å². The number of nitrogens with one attached hydrogen (secondary N) is 2. The molecule has 0 aliphatic carbocycles. The molecule has 0 saturated carbocycles. The lowest BCUT2D eigenvalue weighted by Crippen LogP contribution is -2.19. The first-order valence-electron chi connectivity index (χ1n) is 6.99. The van der Waals surface area contributed by atoms with Gasteiger partial charge in [-0.1, -0.05) is 6.07 Å². The summed E-state index contributed by atoms with van der Waals surface area (Å²) in [6.45, 7) is 0. The van der Waals surface area contributed by atoms with Crippen LogP contribution in [-0.4, -0.2) is 22.9 Å². The number of aliphatic carboxylic acids is 1. The second-order valence-electron chi connectivity index (χ2n) is 5.07. The maximum Gasteiger partial charge on any atom is 0.303 e. The lowest BCUT2D eigenvalue weighted by atomic mass is 10.0. The number of carbonyl (C=O) groups excluding carboxylic acids is 2. The number of hydrogen-bond donors (Lipinski definition) is 3. The summed E-state index contributed by atoms with van der Waals surface area (Å²) in [6, 6.07) is 5.46. The van der Waals surface area contributed by atoms with E-state index in [1.165, 1.54) is 0 Å². The van der Waals surface area contributed by atoms with Crippen molar-refractivity contribution in [3.8, 4) is 0 Å². The molecule has 3 N–H and O–H groups in total. The van der Waals surface area contributed by atoms with E-state index in [1.807, 2.05) is 12.1 Å². The van der Waals surface area contributed by atoms with E-state index >= 15 is 0 Å². The molecule has 0 saturated heterocycles. The number of fused-ring (bicyclic) bond motifs is 1. The summed E-state index contributed by atoms with van der Waals surface area (Å²) in [5.41, 5.74) is 2.45. The Kier molecular flexibility index (Phi) is 4.92. The van der Waals surface area contributed by atoms with Gasteiger partial charge in [-0.05, 0) is 37.0 Å². The van der Waals surface area contributed by atoms with Gasteiger partial charge in [0.15, 0.2) is 0 Å². The molecule has 112 valence electrons. The Balaban J connectivity index is 1.85. The Morgan fingerprint density at radius 2 is 1.95 bits per heavy atom. The van der Waals surface area contributed by atoms with E-state index in [1.54, 1.807) is 6.07 Å². The fraction of sp³-hybridized carbons (Fsp3) is 0.400. The van der Waals surface area contributed by atoms with Crippen molar-refractivity contribution in [3.63, 3.8) is 0 Å². The molecule has 1 aromatic rings. The standard InChI is InChI=1S/C15H18N2O4/c18-13(3-1-2-4-15(20)21)16-11-7-5-10-6-8-14(19)17-12(10)9-11/h5,7,9H,1-4,6,8H2,(H,16,18)(H,17,19)(H,20,21). The average Bonchev–Trinajstić information content (AvgIpc) is 2.43. The predicted molar refractivity (Wildman–Crippen MR) is 78.1 cm³/mol. The third-order valence-electron chi connectivity index (χ3n) is 3.33. The molecule has 6 nitrogen and oxygen atoms in total. The van der Waals surface area contributed by atoms with Gasteiger partial charge in [-0.2, -0.15) is 0 Å². The molecule has 2 rings (SSSR count). The molecule has 0 radical (unpaired) electrons. The van der Waals surface area contributed by atoms with E-state index in [0.29, 0.717) is 31.4 Å². The second kappa shape index (κ2) is 6.88. The van der Waals surface area contributed by atoms with Gasteiger partial charge in [0, 0.05) is 30.6 Å². The number of carboxylic acids is 1. The Morgan fingerprint density at radius 1 is 1.19 bits per heavy atom. The van der Waals surface area contributed by atoms with Crippen molar-refractivity contribution in [2.75, 3.05) is 10.6 Å². The van der Waals surface area contributed by atoms with Crippen LogP contribution in [0.3, 0.4) is 0 Å². The molecule has 0 aromatic heterocycles. The third-order valence-corrected chi connectivity index (χ3v) is 3.33. The molecule has 1 aromatic carbocycles. The fourth-order valence-corrected chi connectivity index (χ4v) is 2.23. The molecule has 1 heterocycles. The Morgan fingerprint density at radius 3 is 2.71 bits per heavy atom. The minimum atomic E-state index is -0.846. The maximum absolute atomic E-state index is 11.7. The molecule has 6 heteroatoms. The quantitative estimate of drug-likeness (QED) is 0.699. The molecule has 1 aliphatic heterocycles. The molecule has 21 heavy (non-hydrogen) atoms. The average molecular weight is 290 g/mol. The van der Waals surface area contributed by atoms with Gasteiger partial charge in [-0.3, -0.25) is 14.4 Å². The summed E-state index contributed by atoms with van der Waals surface area (Å²) in [6.07, 6.45) is 2.60. The topological polar surface area (TPSA) is 95.5 Å². The highest BCUT2D eigenvalue weighted by molar-refractivity contribution is 5.96. The molecule has 2 amide bonds. The van der Waals surface area contributed by atoms with Crippen molar-refractivity contribution in [3.05, 3.63) is 23.8 Å². The Bertz CT molecular complexity index is 569. The fourth-order valence-electron chi connectivity index (χ4n) is 2.23. The molecule has 0 fully saturated rings. The summed E-state index contributed by atoms with van der Waals surface area (Å²) in [4.78, 5) is 33.4.